The second-order valence-corrected chi connectivity index (χ2v) is 9.08. The van der Waals surface area contributed by atoms with Gasteiger partial charge in [-0.25, -0.2) is 9.97 Å². The minimum atomic E-state index is -0.152. The molecule has 0 unspecified atom stereocenters. The summed E-state index contributed by atoms with van der Waals surface area (Å²) < 4.78 is 0. The van der Waals surface area contributed by atoms with Gasteiger partial charge in [0, 0.05) is 10.6 Å². The molecule has 5 rings (SSSR count). The number of rotatable bonds is 4. The summed E-state index contributed by atoms with van der Waals surface area (Å²) in [5.41, 5.74) is 4.62. The second kappa shape index (κ2) is 8.12. The number of carbonyl (C=O) groups is 1. The summed E-state index contributed by atoms with van der Waals surface area (Å²) >= 11 is 1.78. The number of para-hydroxylation sites is 1. The van der Waals surface area contributed by atoms with Crippen molar-refractivity contribution < 1.29 is 4.79 Å². The van der Waals surface area contributed by atoms with Gasteiger partial charge in [-0.2, -0.15) is 0 Å². The third-order valence-corrected chi connectivity index (χ3v) is 6.85. The summed E-state index contributed by atoms with van der Waals surface area (Å²) in [4.78, 5) is 24.9. The largest absolute Gasteiger partial charge is 0.339 e. The van der Waals surface area contributed by atoms with E-state index >= 15 is 0 Å². The van der Waals surface area contributed by atoms with Crippen molar-refractivity contribution in [1.29, 1.82) is 0 Å². The lowest BCUT2D eigenvalue weighted by Crippen LogP contribution is -2.14. The van der Waals surface area contributed by atoms with Crippen molar-refractivity contribution in [2.75, 3.05) is 10.6 Å². The van der Waals surface area contributed by atoms with Crippen LogP contribution in [0.2, 0.25) is 0 Å². The third-order valence-electron chi connectivity index (χ3n) is 5.66. The number of aromatic nitrogens is 2. The van der Waals surface area contributed by atoms with E-state index in [2.05, 4.69) is 10.6 Å². The zero-order chi connectivity index (χ0) is 21.4. The maximum atomic E-state index is 13.0. The summed E-state index contributed by atoms with van der Waals surface area (Å²) in [5, 5.41) is 7.57. The average molecular weight is 429 g/mol. The fourth-order valence-corrected chi connectivity index (χ4v) is 5.41. The van der Waals surface area contributed by atoms with Crippen molar-refractivity contribution in [3.05, 3.63) is 75.9 Å². The van der Waals surface area contributed by atoms with E-state index in [-0.39, 0.29) is 5.91 Å². The SMILES string of the molecule is Cc1ccc(NC(=O)c2ccccc2Nc2nc(C)nc3sc4c(c23)CCCC4)cc1. The number of nitrogens with one attached hydrogen (secondary N) is 2. The Morgan fingerprint density at radius 1 is 0.968 bits per heavy atom. The predicted octanol–water partition coefficient (Wildman–Crippen LogP) is 6.18. The van der Waals surface area contributed by atoms with E-state index in [9.17, 15) is 4.79 Å². The van der Waals surface area contributed by atoms with E-state index in [0.717, 1.165) is 51.6 Å². The van der Waals surface area contributed by atoms with Crippen LogP contribution in [-0.2, 0) is 12.8 Å². The summed E-state index contributed by atoms with van der Waals surface area (Å²) in [7, 11) is 0. The van der Waals surface area contributed by atoms with Crippen molar-refractivity contribution >= 4 is 44.7 Å². The van der Waals surface area contributed by atoms with Crippen LogP contribution in [0.25, 0.3) is 10.2 Å². The lowest BCUT2D eigenvalue weighted by molar-refractivity contribution is 0.102. The summed E-state index contributed by atoms with van der Waals surface area (Å²) in [6.45, 7) is 3.94. The van der Waals surface area contributed by atoms with Crippen LogP contribution in [0.15, 0.2) is 48.5 Å². The number of fused-ring (bicyclic) bond motifs is 3. The fraction of sp³-hybridized carbons (Fsp3) is 0.240. The molecule has 2 aromatic heterocycles. The summed E-state index contributed by atoms with van der Waals surface area (Å²) in [6, 6.07) is 15.4. The Labute approximate surface area is 185 Å². The van der Waals surface area contributed by atoms with E-state index in [4.69, 9.17) is 9.97 Å². The van der Waals surface area contributed by atoms with Crippen LogP contribution in [0.3, 0.4) is 0 Å². The molecule has 5 nitrogen and oxygen atoms in total. The molecule has 1 aliphatic rings. The van der Waals surface area contributed by atoms with Crippen LogP contribution in [-0.4, -0.2) is 15.9 Å². The second-order valence-electron chi connectivity index (χ2n) is 8.00. The van der Waals surface area contributed by atoms with Crippen LogP contribution >= 0.6 is 11.3 Å². The van der Waals surface area contributed by atoms with Gasteiger partial charge in [0.25, 0.3) is 5.91 Å². The molecule has 0 aliphatic heterocycles. The van der Waals surface area contributed by atoms with Gasteiger partial charge in [0.2, 0.25) is 0 Å². The molecule has 156 valence electrons. The molecule has 2 aromatic carbocycles. The average Bonchev–Trinajstić information content (AvgIpc) is 3.14. The summed E-state index contributed by atoms with van der Waals surface area (Å²) in [6.07, 6.45) is 4.61. The monoisotopic (exact) mass is 428 g/mol. The first-order valence-corrected chi connectivity index (χ1v) is 11.4. The highest BCUT2D eigenvalue weighted by Gasteiger charge is 2.21. The van der Waals surface area contributed by atoms with E-state index < -0.39 is 0 Å². The Bertz CT molecular complexity index is 1280. The zero-order valence-electron chi connectivity index (χ0n) is 17.7. The molecule has 2 N–H and O–H groups in total. The van der Waals surface area contributed by atoms with E-state index in [0.29, 0.717) is 5.56 Å². The first-order valence-electron chi connectivity index (χ1n) is 10.6. The van der Waals surface area contributed by atoms with Gasteiger partial charge in [0.15, 0.2) is 0 Å². The van der Waals surface area contributed by atoms with E-state index in [1.807, 2.05) is 62.4 Å². The number of aryl methyl sites for hydroxylation is 4. The number of hydrogen-bond acceptors (Lipinski definition) is 5. The molecule has 4 aromatic rings. The molecule has 0 atom stereocenters. The lowest BCUT2D eigenvalue weighted by atomic mass is 9.97. The van der Waals surface area contributed by atoms with Gasteiger partial charge in [0.05, 0.1) is 16.6 Å². The zero-order valence-corrected chi connectivity index (χ0v) is 18.5. The Morgan fingerprint density at radius 2 is 1.74 bits per heavy atom. The Balaban J connectivity index is 1.51. The van der Waals surface area contributed by atoms with Gasteiger partial charge >= 0.3 is 0 Å². The number of amides is 1. The third kappa shape index (κ3) is 3.91. The number of anilines is 3. The Kier molecular flexibility index (Phi) is 5.16. The van der Waals surface area contributed by atoms with Gasteiger partial charge in [-0.3, -0.25) is 4.79 Å². The molecule has 0 saturated carbocycles. The molecule has 31 heavy (non-hydrogen) atoms. The maximum Gasteiger partial charge on any atom is 0.257 e. The van der Waals surface area contributed by atoms with Gasteiger partial charge in [0.1, 0.15) is 16.5 Å². The van der Waals surface area contributed by atoms with E-state index in [1.54, 1.807) is 11.3 Å². The maximum absolute atomic E-state index is 13.0. The quantitative estimate of drug-likeness (QED) is 0.407. The first-order chi connectivity index (χ1) is 15.1. The standard InChI is InChI=1S/C25H24N4OS/c1-15-11-13-17(14-12-15)28-24(30)18-7-3-5-9-20(18)29-23-22-19-8-4-6-10-21(19)31-25(22)27-16(2)26-23/h3,5,7,9,11-14H,4,6,8,10H2,1-2H3,(H,28,30)(H,26,27,29). The van der Waals surface area contributed by atoms with Crippen LogP contribution in [0, 0.1) is 13.8 Å². The highest BCUT2D eigenvalue weighted by atomic mass is 32.1. The molecule has 0 saturated heterocycles. The van der Waals surface area contributed by atoms with Gasteiger partial charge in [-0.05, 0) is 69.4 Å². The van der Waals surface area contributed by atoms with Crippen molar-refractivity contribution in [1.82, 2.24) is 9.97 Å². The molecule has 0 radical (unpaired) electrons. The van der Waals surface area contributed by atoms with Crippen molar-refractivity contribution in [3.8, 4) is 0 Å². The van der Waals surface area contributed by atoms with Crippen LogP contribution < -0.4 is 10.6 Å². The molecular formula is C25H24N4OS. The van der Waals surface area contributed by atoms with Gasteiger partial charge in [-0.1, -0.05) is 29.8 Å². The van der Waals surface area contributed by atoms with Crippen LogP contribution in [0.5, 0.6) is 0 Å². The van der Waals surface area contributed by atoms with Crippen molar-refractivity contribution in [3.63, 3.8) is 0 Å². The van der Waals surface area contributed by atoms with Crippen LogP contribution in [0.4, 0.5) is 17.2 Å². The fourth-order valence-electron chi connectivity index (χ4n) is 4.11. The molecule has 0 spiro atoms. The highest BCUT2D eigenvalue weighted by molar-refractivity contribution is 7.19. The van der Waals surface area contributed by atoms with Crippen molar-refractivity contribution in [2.24, 2.45) is 0 Å². The number of nitrogens with zero attached hydrogens (tertiary/aromatic N) is 2. The van der Waals surface area contributed by atoms with Gasteiger partial charge in [-0.15, -0.1) is 11.3 Å². The minimum Gasteiger partial charge on any atom is -0.339 e. The number of thiophene rings is 1. The molecule has 0 fully saturated rings. The molecule has 0 bridgehead atoms. The van der Waals surface area contributed by atoms with Crippen LogP contribution in [0.1, 0.15) is 45.0 Å². The number of benzene rings is 2. The molecule has 6 heteroatoms. The molecular weight excluding hydrogens is 404 g/mol. The normalized spacial score (nSPS) is 13.1. The Hall–Kier alpha value is -3.25. The van der Waals surface area contributed by atoms with Crippen molar-refractivity contribution in [2.45, 2.75) is 39.5 Å². The highest BCUT2D eigenvalue weighted by Crippen LogP contribution is 2.39. The first kappa shape index (κ1) is 19.7. The topological polar surface area (TPSA) is 66.9 Å². The lowest BCUT2D eigenvalue weighted by Gasteiger charge is -2.15. The number of hydrogen-bond donors (Lipinski definition) is 2. The molecule has 2 heterocycles. The van der Waals surface area contributed by atoms with Gasteiger partial charge < -0.3 is 10.6 Å². The predicted molar refractivity (Wildman–Crippen MR) is 128 cm³/mol. The smallest absolute Gasteiger partial charge is 0.257 e. The summed E-state index contributed by atoms with van der Waals surface area (Å²) in [5.74, 6) is 1.37. The van der Waals surface area contributed by atoms with E-state index in [1.165, 1.54) is 23.3 Å². The molecule has 1 aliphatic carbocycles. The molecule has 1 amide bonds. The Morgan fingerprint density at radius 3 is 2.58 bits per heavy atom. The minimum absolute atomic E-state index is 0.152. The number of carbonyl (C=O) groups excluding carboxylic acids is 1.